The van der Waals surface area contributed by atoms with Crippen molar-refractivity contribution in [1.29, 1.82) is 0 Å². The summed E-state index contributed by atoms with van der Waals surface area (Å²) in [6.45, 7) is 1.28. The van der Waals surface area contributed by atoms with E-state index in [0.717, 1.165) is 27.9 Å². The highest BCUT2D eigenvalue weighted by Crippen LogP contribution is 2.29. The van der Waals surface area contributed by atoms with Gasteiger partial charge in [0.25, 0.3) is 0 Å². The van der Waals surface area contributed by atoms with E-state index in [-0.39, 0.29) is 11.7 Å². The number of aromatic nitrogens is 2. The van der Waals surface area contributed by atoms with Gasteiger partial charge in [0.1, 0.15) is 30.2 Å². The Bertz CT molecular complexity index is 1050. The number of benzene rings is 2. The Morgan fingerprint density at radius 1 is 1.03 bits per heavy atom. The average Bonchev–Trinajstić information content (AvgIpc) is 3.13. The first-order valence-electron chi connectivity index (χ1n) is 10.2. The lowest BCUT2D eigenvalue weighted by Gasteiger charge is -2.39. The molecule has 1 saturated heterocycles. The number of aliphatic hydroxyl groups excluding tert-OH is 4. The number of nitrogens with zero attached hydrogens (tertiary/aromatic N) is 1. The monoisotopic (exact) mass is 444 g/mol. The van der Waals surface area contributed by atoms with Gasteiger partial charge in [-0.05, 0) is 35.7 Å². The van der Waals surface area contributed by atoms with Crippen molar-refractivity contribution in [2.75, 3.05) is 6.61 Å². The third-order valence-corrected chi connectivity index (χ3v) is 5.60. The van der Waals surface area contributed by atoms with E-state index in [1.165, 1.54) is 12.1 Å². The number of halogens is 1. The second-order valence-corrected chi connectivity index (χ2v) is 7.83. The third-order valence-electron chi connectivity index (χ3n) is 5.60. The fourth-order valence-corrected chi connectivity index (χ4v) is 3.70. The van der Waals surface area contributed by atoms with Crippen LogP contribution >= 0.6 is 0 Å². The molecule has 170 valence electrons. The molecule has 0 saturated carbocycles. The van der Waals surface area contributed by atoms with E-state index in [0.29, 0.717) is 6.42 Å². The Morgan fingerprint density at radius 3 is 2.47 bits per heavy atom. The molecule has 0 aliphatic carbocycles. The maximum Gasteiger partial charge on any atom is 0.238 e. The number of nitrogens with one attached hydrogen (secondary N) is 1. The fraction of sp³-hybridized carbons (Fsp3) is 0.348. The minimum atomic E-state index is -1.54. The van der Waals surface area contributed by atoms with Gasteiger partial charge in [0.15, 0.2) is 0 Å². The molecule has 5 atom stereocenters. The van der Waals surface area contributed by atoms with Crippen molar-refractivity contribution in [3.8, 4) is 17.0 Å². The van der Waals surface area contributed by atoms with E-state index >= 15 is 0 Å². The SMILES string of the molecule is Cc1[nH]nc(O[C@@H]2O[C@H](CO)[C@@H](O)[C@H](O)[C@H]2O)c1Cc1ccc(-c2cccc(F)c2)cc1. The molecule has 0 radical (unpaired) electrons. The van der Waals surface area contributed by atoms with Gasteiger partial charge in [0, 0.05) is 17.7 Å². The zero-order valence-corrected chi connectivity index (χ0v) is 17.4. The summed E-state index contributed by atoms with van der Waals surface area (Å²) in [7, 11) is 0. The van der Waals surface area contributed by atoms with Crippen LogP contribution < -0.4 is 4.74 Å². The van der Waals surface area contributed by atoms with Crippen LogP contribution in [0.1, 0.15) is 16.8 Å². The maximum absolute atomic E-state index is 13.5. The molecule has 1 aliphatic rings. The van der Waals surface area contributed by atoms with Gasteiger partial charge in [-0.1, -0.05) is 36.4 Å². The predicted octanol–water partition coefficient (Wildman–Crippen LogP) is 1.29. The Balaban J connectivity index is 1.51. The summed E-state index contributed by atoms with van der Waals surface area (Å²) in [5, 5.41) is 46.4. The van der Waals surface area contributed by atoms with Gasteiger partial charge in [-0.3, -0.25) is 5.10 Å². The van der Waals surface area contributed by atoms with Crippen LogP contribution in [0.25, 0.3) is 11.1 Å². The van der Waals surface area contributed by atoms with Crippen LogP contribution in [0.15, 0.2) is 48.5 Å². The van der Waals surface area contributed by atoms with E-state index in [2.05, 4.69) is 10.2 Å². The molecule has 9 heteroatoms. The van der Waals surface area contributed by atoms with Crippen LogP contribution in [0.4, 0.5) is 4.39 Å². The van der Waals surface area contributed by atoms with Crippen LogP contribution in [-0.4, -0.2) is 67.9 Å². The van der Waals surface area contributed by atoms with E-state index < -0.39 is 37.3 Å². The van der Waals surface area contributed by atoms with Crippen molar-refractivity contribution in [1.82, 2.24) is 10.2 Å². The first kappa shape index (κ1) is 22.4. The zero-order valence-electron chi connectivity index (χ0n) is 17.4. The van der Waals surface area contributed by atoms with E-state index in [9.17, 15) is 24.8 Å². The van der Waals surface area contributed by atoms with Crippen molar-refractivity contribution >= 4 is 0 Å². The molecular weight excluding hydrogens is 419 g/mol. The fourth-order valence-electron chi connectivity index (χ4n) is 3.70. The Morgan fingerprint density at radius 2 is 1.78 bits per heavy atom. The van der Waals surface area contributed by atoms with Crippen LogP contribution in [0.3, 0.4) is 0 Å². The lowest BCUT2D eigenvalue weighted by Crippen LogP contribution is -2.60. The van der Waals surface area contributed by atoms with E-state index in [1.54, 1.807) is 6.07 Å². The molecule has 1 aromatic heterocycles. The summed E-state index contributed by atoms with van der Waals surface area (Å²) < 4.78 is 24.6. The average molecular weight is 444 g/mol. The summed E-state index contributed by atoms with van der Waals surface area (Å²) in [6.07, 6.45) is -6.46. The van der Waals surface area contributed by atoms with E-state index in [1.807, 2.05) is 37.3 Å². The minimum absolute atomic E-state index is 0.182. The number of hydrogen-bond acceptors (Lipinski definition) is 7. The second-order valence-electron chi connectivity index (χ2n) is 7.83. The number of aromatic amines is 1. The van der Waals surface area contributed by atoms with Crippen LogP contribution in [-0.2, 0) is 11.2 Å². The molecule has 0 unspecified atom stereocenters. The first-order valence-corrected chi connectivity index (χ1v) is 10.2. The number of ether oxygens (including phenoxy) is 2. The molecule has 0 amide bonds. The molecule has 0 bridgehead atoms. The summed E-state index contributed by atoms with van der Waals surface area (Å²) in [6, 6.07) is 14.0. The molecule has 2 heterocycles. The Hall–Kier alpha value is -2.82. The molecule has 1 aliphatic heterocycles. The molecule has 0 spiro atoms. The lowest BCUT2D eigenvalue weighted by molar-refractivity contribution is -0.278. The molecule has 5 N–H and O–H groups in total. The van der Waals surface area contributed by atoms with Crippen LogP contribution in [0.5, 0.6) is 5.88 Å². The second kappa shape index (κ2) is 9.35. The number of aryl methyl sites for hydroxylation is 1. The topological polar surface area (TPSA) is 128 Å². The number of H-pyrrole nitrogens is 1. The van der Waals surface area contributed by atoms with Gasteiger partial charge in [0.05, 0.1) is 6.61 Å². The minimum Gasteiger partial charge on any atom is -0.443 e. The lowest BCUT2D eigenvalue weighted by atomic mass is 9.99. The van der Waals surface area contributed by atoms with Gasteiger partial charge in [0.2, 0.25) is 12.2 Å². The van der Waals surface area contributed by atoms with Gasteiger partial charge in [-0.15, -0.1) is 5.10 Å². The summed E-state index contributed by atoms with van der Waals surface area (Å²) >= 11 is 0. The zero-order chi connectivity index (χ0) is 22.8. The smallest absolute Gasteiger partial charge is 0.238 e. The Labute approximate surface area is 183 Å². The molecular formula is C23H25FN2O6. The van der Waals surface area contributed by atoms with Crippen molar-refractivity contribution in [3.05, 3.63) is 71.2 Å². The molecule has 32 heavy (non-hydrogen) atoms. The Kier molecular flexibility index (Phi) is 6.54. The van der Waals surface area contributed by atoms with Crippen molar-refractivity contribution < 1.29 is 34.3 Å². The summed E-state index contributed by atoms with van der Waals surface area (Å²) in [5.74, 6) is -0.114. The van der Waals surface area contributed by atoms with Gasteiger partial charge in [-0.2, -0.15) is 0 Å². The highest BCUT2D eigenvalue weighted by Gasteiger charge is 2.45. The van der Waals surface area contributed by atoms with Gasteiger partial charge in [-0.25, -0.2) is 4.39 Å². The maximum atomic E-state index is 13.5. The molecule has 3 aromatic rings. The summed E-state index contributed by atoms with van der Waals surface area (Å²) in [5.41, 5.74) is 4.09. The molecule has 8 nitrogen and oxygen atoms in total. The summed E-state index contributed by atoms with van der Waals surface area (Å²) in [4.78, 5) is 0. The molecule has 1 fully saturated rings. The number of aliphatic hydroxyl groups is 4. The normalized spacial score (nSPS) is 25.6. The van der Waals surface area contributed by atoms with Crippen LogP contribution in [0.2, 0.25) is 0 Å². The van der Waals surface area contributed by atoms with Crippen molar-refractivity contribution in [3.63, 3.8) is 0 Å². The third kappa shape index (κ3) is 4.52. The number of hydrogen-bond donors (Lipinski definition) is 5. The first-order chi connectivity index (χ1) is 15.4. The highest BCUT2D eigenvalue weighted by molar-refractivity contribution is 5.63. The quantitative estimate of drug-likeness (QED) is 0.388. The molecule has 2 aromatic carbocycles. The van der Waals surface area contributed by atoms with E-state index in [4.69, 9.17) is 9.47 Å². The van der Waals surface area contributed by atoms with Gasteiger partial charge < -0.3 is 29.9 Å². The predicted molar refractivity (Wildman–Crippen MR) is 112 cm³/mol. The van der Waals surface area contributed by atoms with Gasteiger partial charge >= 0.3 is 0 Å². The number of rotatable bonds is 6. The molecule has 4 rings (SSSR count). The largest absolute Gasteiger partial charge is 0.443 e. The highest BCUT2D eigenvalue weighted by atomic mass is 19.1. The standard InChI is InChI=1S/C23H25FN2O6/c1-12-17(9-13-5-7-14(8-6-13)15-3-2-4-16(24)10-15)22(26-25-12)32-23-21(30)20(29)19(28)18(11-27)31-23/h2-8,10,18-21,23,27-30H,9,11H2,1H3,(H,25,26)/t18-,19-,20+,21-,23+/m1/s1. The van der Waals surface area contributed by atoms with Crippen LogP contribution in [0, 0.1) is 12.7 Å². The van der Waals surface area contributed by atoms with Crippen molar-refractivity contribution in [2.24, 2.45) is 0 Å². The van der Waals surface area contributed by atoms with Crippen molar-refractivity contribution in [2.45, 2.75) is 44.1 Å².